The second-order valence-corrected chi connectivity index (χ2v) is 6.20. The molecule has 0 fully saturated rings. The SMILES string of the molecule is Cc1ccc2ccccc2c1C[N+]1([O-])C=CC=CC1=S(=O)=O. The molecule has 1 unspecified atom stereocenters. The number of rotatable bonds is 2. The summed E-state index contributed by atoms with van der Waals surface area (Å²) in [6.45, 7) is 1.99. The molecule has 5 heteroatoms. The predicted molar refractivity (Wildman–Crippen MR) is 88.2 cm³/mol. The maximum absolute atomic E-state index is 13.0. The van der Waals surface area contributed by atoms with Gasteiger partial charge in [0.2, 0.25) is 0 Å². The molecule has 0 N–H and O–H groups in total. The molecule has 1 atom stereocenters. The monoisotopic (exact) mass is 313 g/mol. The van der Waals surface area contributed by atoms with Crippen LogP contribution in [0.25, 0.3) is 10.8 Å². The predicted octanol–water partition coefficient (Wildman–Crippen LogP) is 3.06. The van der Waals surface area contributed by atoms with Gasteiger partial charge >= 0.3 is 0 Å². The van der Waals surface area contributed by atoms with Gasteiger partial charge in [-0.05, 0) is 35.4 Å². The number of allylic oxidation sites excluding steroid dienone is 2. The summed E-state index contributed by atoms with van der Waals surface area (Å²) in [5, 5.41) is 15.0. The van der Waals surface area contributed by atoms with Gasteiger partial charge in [-0.15, -0.1) is 0 Å². The first kappa shape index (κ1) is 14.7. The number of aryl methyl sites for hydroxylation is 1. The van der Waals surface area contributed by atoms with Crippen LogP contribution in [0, 0.1) is 12.1 Å². The summed E-state index contributed by atoms with van der Waals surface area (Å²) in [6, 6.07) is 11.8. The number of quaternary nitrogens is 1. The first-order valence-electron chi connectivity index (χ1n) is 6.90. The van der Waals surface area contributed by atoms with Crippen molar-refractivity contribution in [3.63, 3.8) is 0 Å². The lowest BCUT2D eigenvalue weighted by atomic mass is 9.99. The third-order valence-corrected chi connectivity index (χ3v) is 4.68. The van der Waals surface area contributed by atoms with Gasteiger partial charge in [0.05, 0.1) is 0 Å². The molecule has 0 spiro atoms. The Kier molecular flexibility index (Phi) is 3.70. The highest BCUT2D eigenvalue weighted by Crippen LogP contribution is 2.27. The van der Waals surface area contributed by atoms with E-state index in [4.69, 9.17) is 0 Å². The maximum Gasteiger partial charge on any atom is 0.277 e. The Morgan fingerprint density at radius 1 is 1.09 bits per heavy atom. The Morgan fingerprint density at radius 2 is 1.86 bits per heavy atom. The van der Waals surface area contributed by atoms with Gasteiger partial charge < -0.3 is 5.21 Å². The number of nitrogens with zero attached hydrogens (tertiary/aromatic N) is 1. The van der Waals surface area contributed by atoms with Crippen LogP contribution in [0.1, 0.15) is 11.1 Å². The Bertz CT molecular complexity index is 934. The van der Waals surface area contributed by atoms with Crippen LogP contribution < -0.4 is 0 Å². The van der Waals surface area contributed by atoms with Crippen molar-refractivity contribution < 1.29 is 13.1 Å². The first-order valence-corrected chi connectivity index (χ1v) is 7.97. The lowest BCUT2D eigenvalue weighted by Crippen LogP contribution is -2.42. The molecular weight excluding hydrogens is 298 g/mol. The summed E-state index contributed by atoms with van der Waals surface area (Å²) in [6.07, 6.45) is 5.88. The molecule has 0 bridgehead atoms. The van der Waals surface area contributed by atoms with Gasteiger partial charge in [-0.2, -0.15) is 8.42 Å². The Labute approximate surface area is 130 Å². The minimum Gasteiger partial charge on any atom is -0.621 e. The zero-order valence-corrected chi connectivity index (χ0v) is 12.9. The van der Waals surface area contributed by atoms with E-state index in [0.717, 1.165) is 21.9 Å². The molecule has 4 nitrogen and oxygen atoms in total. The smallest absolute Gasteiger partial charge is 0.277 e. The van der Waals surface area contributed by atoms with E-state index >= 15 is 0 Å². The molecule has 0 aliphatic carbocycles. The van der Waals surface area contributed by atoms with Crippen LogP contribution in [-0.4, -0.2) is 18.1 Å². The van der Waals surface area contributed by atoms with Crippen LogP contribution in [0.5, 0.6) is 0 Å². The van der Waals surface area contributed by atoms with Crippen molar-refractivity contribution in [2.75, 3.05) is 0 Å². The molecule has 2 aromatic carbocycles. The summed E-state index contributed by atoms with van der Waals surface area (Å²) in [5.41, 5.74) is 1.85. The van der Waals surface area contributed by atoms with E-state index in [0.29, 0.717) is 0 Å². The fraction of sp³-hybridized carbons (Fsp3) is 0.118. The highest BCUT2D eigenvalue weighted by atomic mass is 32.2. The largest absolute Gasteiger partial charge is 0.621 e. The topological polar surface area (TPSA) is 57.2 Å². The second kappa shape index (κ2) is 5.53. The molecule has 0 saturated heterocycles. The van der Waals surface area contributed by atoms with E-state index in [1.807, 2.05) is 43.3 Å². The van der Waals surface area contributed by atoms with Gasteiger partial charge in [0.25, 0.3) is 15.3 Å². The molecular formula is C17H15NO3S. The summed E-state index contributed by atoms with van der Waals surface area (Å²) in [5.74, 6) is 0. The van der Waals surface area contributed by atoms with Crippen molar-refractivity contribution >= 4 is 26.1 Å². The molecule has 0 aromatic heterocycles. The molecule has 1 aliphatic rings. The zero-order chi connectivity index (χ0) is 15.7. The van der Waals surface area contributed by atoms with Crippen LogP contribution >= 0.6 is 0 Å². The zero-order valence-electron chi connectivity index (χ0n) is 12.1. The summed E-state index contributed by atoms with van der Waals surface area (Å²) in [4.78, 5) is -0.171. The van der Waals surface area contributed by atoms with Crippen molar-refractivity contribution in [3.05, 3.63) is 77.2 Å². The van der Waals surface area contributed by atoms with E-state index in [2.05, 4.69) is 0 Å². The number of fused-ring (bicyclic) bond motifs is 1. The maximum atomic E-state index is 13.0. The Hall–Kier alpha value is -2.21. The molecule has 0 amide bonds. The van der Waals surface area contributed by atoms with Gasteiger partial charge in [0.15, 0.2) is 0 Å². The van der Waals surface area contributed by atoms with Crippen LogP contribution in [0.3, 0.4) is 0 Å². The van der Waals surface area contributed by atoms with Crippen LogP contribution in [-0.2, 0) is 16.8 Å². The summed E-state index contributed by atoms with van der Waals surface area (Å²) < 4.78 is 21.7. The first-order chi connectivity index (χ1) is 10.5. The number of hydroxylamine groups is 3. The number of hydrogen-bond donors (Lipinski definition) is 0. The van der Waals surface area contributed by atoms with Crippen molar-refractivity contribution in [3.8, 4) is 0 Å². The number of benzene rings is 2. The van der Waals surface area contributed by atoms with E-state index < -0.39 is 14.9 Å². The average Bonchev–Trinajstić information content (AvgIpc) is 2.50. The van der Waals surface area contributed by atoms with Gasteiger partial charge in [0, 0.05) is 11.6 Å². The minimum absolute atomic E-state index is 0.0529. The molecule has 1 heterocycles. The van der Waals surface area contributed by atoms with Gasteiger partial charge in [-0.3, -0.25) is 4.65 Å². The van der Waals surface area contributed by atoms with Crippen molar-refractivity contribution in [2.45, 2.75) is 13.5 Å². The van der Waals surface area contributed by atoms with E-state index in [-0.39, 0.29) is 11.5 Å². The van der Waals surface area contributed by atoms with Crippen LogP contribution in [0.15, 0.2) is 60.8 Å². The summed E-state index contributed by atoms with van der Waals surface area (Å²) in [7, 11) is -2.55. The molecule has 0 radical (unpaired) electrons. The normalized spacial score (nSPS) is 20.5. The minimum atomic E-state index is -2.55. The Morgan fingerprint density at radius 3 is 2.64 bits per heavy atom. The van der Waals surface area contributed by atoms with Gasteiger partial charge in [-0.1, -0.05) is 36.4 Å². The molecule has 1 aliphatic heterocycles. The van der Waals surface area contributed by atoms with Crippen molar-refractivity contribution in [1.29, 1.82) is 0 Å². The second-order valence-electron chi connectivity index (χ2n) is 5.31. The van der Waals surface area contributed by atoms with Gasteiger partial charge in [0.1, 0.15) is 12.7 Å². The Balaban J connectivity index is 2.18. The fourth-order valence-corrected chi connectivity index (χ4v) is 3.30. The van der Waals surface area contributed by atoms with Gasteiger partial charge in [-0.25, -0.2) is 0 Å². The fourth-order valence-electron chi connectivity index (χ4n) is 2.73. The van der Waals surface area contributed by atoms with Crippen molar-refractivity contribution in [2.24, 2.45) is 0 Å². The molecule has 112 valence electrons. The third kappa shape index (κ3) is 2.50. The molecule has 2 aromatic rings. The van der Waals surface area contributed by atoms with Crippen LogP contribution in [0.4, 0.5) is 0 Å². The molecule has 3 rings (SSSR count). The lowest BCUT2D eigenvalue weighted by Gasteiger charge is -2.38. The van der Waals surface area contributed by atoms with E-state index in [1.54, 1.807) is 12.2 Å². The molecule has 22 heavy (non-hydrogen) atoms. The highest BCUT2D eigenvalue weighted by molar-refractivity contribution is 7.72. The van der Waals surface area contributed by atoms with E-state index in [1.165, 1.54) is 12.3 Å². The average molecular weight is 313 g/mol. The lowest BCUT2D eigenvalue weighted by molar-refractivity contribution is -0.744. The molecule has 0 saturated carbocycles. The highest BCUT2D eigenvalue weighted by Gasteiger charge is 2.26. The van der Waals surface area contributed by atoms with E-state index in [9.17, 15) is 13.6 Å². The quantitative estimate of drug-likeness (QED) is 0.486. The van der Waals surface area contributed by atoms with Crippen LogP contribution in [0.2, 0.25) is 0 Å². The third-order valence-electron chi connectivity index (χ3n) is 3.89. The number of hydrogen-bond acceptors (Lipinski definition) is 3. The summed E-state index contributed by atoms with van der Waals surface area (Å²) >= 11 is 0. The standard InChI is InChI=1S/C17H15NO3S/c1-13-9-10-14-6-2-3-7-15(14)16(13)12-18(19)11-5-4-8-17(18)22(20)21/h2-11H,12H2,1H3. The van der Waals surface area contributed by atoms with Crippen molar-refractivity contribution in [1.82, 2.24) is 0 Å².